The molecule has 0 radical (unpaired) electrons. The summed E-state index contributed by atoms with van der Waals surface area (Å²) in [5.41, 5.74) is 5.28. The maximum absolute atomic E-state index is 2.49. The van der Waals surface area contributed by atoms with Crippen molar-refractivity contribution in [1.29, 1.82) is 0 Å². The van der Waals surface area contributed by atoms with E-state index in [1.807, 2.05) is 0 Å². The first-order chi connectivity index (χ1) is 18.5. The van der Waals surface area contributed by atoms with Crippen LogP contribution in [0, 0.1) is 0 Å². The number of benzene rings is 7. The first-order valence-electron chi connectivity index (χ1n) is 13.5. The molecule has 0 aliphatic heterocycles. The second-order valence-electron chi connectivity index (χ2n) is 11.3. The molecule has 7 aromatic rings. The Kier molecular flexibility index (Phi) is 5.42. The molecule has 1 heteroatoms. The molecule has 0 nitrogen and oxygen atoms in total. The van der Waals surface area contributed by atoms with Gasteiger partial charge in [-0.05, 0) is 0 Å². The zero-order valence-electron chi connectivity index (χ0n) is 22.1. The molecule has 7 rings (SSSR count). The van der Waals surface area contributed by atoms with E-state index in [4.69, 9.17) is 0 Å². The summed E-state index contributed by atoms with van der Waals surface area (Å²) in [6.45, 7) is 0. The first kappa shape index (κ1) is 23.3. The molecule has 0 saturated heterocycles. The van der Waals surface area contributed by atoms with Gasteiger partial charge in [-0.3, -0.25) is 0 Å². The Labute approximate surface area is 226 Å². The Morgan fingerprint density at radius 3 is 1.32 bits per heavy atom. The van der Waals surface area contributed by atoms with Crippen LogP contribution in [0.4, 0.5) is 0 Å². The summed E-state index contributed by atoms with van der Waals surface area (Å²) in [6.07, 6.45) is 0. The molecule has 0 bridgehead atoms. The third-order valence-electron chi connectivity index (χ3n) is 7.99. The van der Waals surface area contributed by atoms with Crippen LogP contribution < -0.4 is 4.40 Å². The van der Waals surface area contributed by atoms with Gasteiger partial charge in [-0.1, -0.05) is 6.07 Å². The van der Waals surface area contributed by atoms with Gasteiger partial charge in [-0.15, -0.1) is 0 Å². The van der Waals surface area contributed by atoms with Crippen LogP contribution in [0.5, 0.6) is 0 Å². The second-order valence-corrected chi connectivity index (χ2v) is 21.9. The molecule has 0 aliphatic rings. The Balaban J connectivity index is 1.66. The molecular weight excluding hydrogens is 517 g/mol. The molecule has 0 aliphatic carbocycles. The third kappa shape index (κ3) is 3.59. The molecule has 0 saturated carbocycles. The van der Waals surface area contributed by atoms with E-state index in [-0.39, 0.29) is 0 Å². The Bertz CT molecular complexity index is 1940. The number of rotatable bonds is 3. The van der Waals surface area contributed by atoms with Crippen LogP contribution >= 0.6 is 0 Å². The van der Waals surface area contributed by atoms with Crippen molar-refractivity contribution in [3.05, 3.63) is 127 Å². The summed E-state index contributed by atoms with van der Waals surface area (Å²) in [6, 6.07) is 47.3. The fourth-order valence-corrected chi connectivity index (χ4v) is 9.70. The van der Waals surface area contributed by atoms with Gasteiger partial charge in [0.05, 0.1) is 0 Å². The topological polar surface area (TPSA) is 0 Å². The monoisotopic (exact) mass is 548 g/mol. The quantitative estimate of drug-likeness (QED) is 0.153. The van der Waals surface area contributed by atoms with E-state index in [9.17, 15) is 0 Å². The minimum atomic E-state index is -2.06. The van der Waals surface area contributed by atoms with Crippen LogP contribution in [0.2, 0.25) is 17.3 Å². The summed E-state index contributed by atoms with van der Waals surface area (Å²) in [5, 5.41) is 10.6. The maximum atomic E-state index is 2.49. The molecule has 0 fully saturated rings. The summed E-state index contributed by atoms with van der Waals surface area (Å²) >= 11 is -2.06. The van der Waals surface area contributed by atoms with Crippen molar-refractivity contribution < 1.29 is 0 Å². The zero-order valence-corrected chi connectivity index (χ0v) is 24.2. The van der Waals surface area contributed by atoms with Gasteiger partial charge in [0.2, 0.25) is 0 Å². The van der Waals surface area contributed by atoms with E-state index in [1.165, 1.54) is 65.3 Å². The van der Waals surface area contributed by atoms with Crippen molar-refractivity contribution in [2.45, 2.75) is 17.3 Å². The molecule has 38 heavy (non-hydrogen) atoms. The van der Waals surface area contributed by atoms with E-state index in [2.05, 4.69) is 145 Å². The molecule has 7 aromatic carbocycles. The molecule has 0 atom stereocenters. The van der Waals surface area contributed by atoms with Crippen LogP contribution in [0.3, 0.4) is 0 Å². The Hall–Kier alpha value is -3.88. The van der Waals surface area contributed by atoms with Crippen molar-refractivity contribution in [3.8, 4) is 22.3 Å². The van der Waals surface area contributed by atoms with Gasteiger partial charge in [0.15, 0.2) is 0 Å². The Morgan fingerprint density at radius 1 is 0.342 bits per heavy atom. The second kappa shape index (κ2) is 8.86. The summed E-state index contributed by atoms with van der Waals surface area (Å²) in [7, 11) is 0. The van der Waals surface area contributed by atoms with E-state index in [0.29, 0.717) is 0 Å². The first-order valence-corrected chi connectivity index (χ1v) is 20.8. The molecule has 182 valence electrons. The SMILES string of the molecule is [CH3][Ge]([CH3])([CH3])[c]1ccc(-c2c3ccccc3c(-c3cccc4ccccc34)c3ccccc23)c2ccccc12. The zero-order chi connectivity index (χ0) is 25.9. The molecule has 0 aromatic heterocycles. The molecule has 0 spiro atoms. The van der Waals surface area contributed by atoms with Crippen LogP contribution in [0.15, 0.2) is 127 Å². The average molecular weight is 547 g/mol. The minimum absolute atomic E-state index is 1.27. The standard InChI is InChI=1S/C37H30Ge/c1-38(2,3)35-24-23-34(27-16-6-7-17-28(27)35)37-32-20-10-8-18-30(32)36(31-19-9-11-21-33(31)37)29-22-12-14-25-13-4-5-15-26(25)29/h4-24H,1-3H3. The van der Waals surface area contributed by atoms with Gasteiger partial charge in [-0.2, -0.15) is 0 Å². The van der Waals surface area contributed by atoms with Gasteiger partial charge in [0.25, 0.3) is 0 Å². The van der Waals surface area contributed by atoms with E-state index in [1.54, 1.807) is 4.40 Å². The van der Waals surface area contributed by atoms with Crippen molar-refractivity contribution in [1.82, 2.24) is 0 Å². The molecule has 0 N–H and O–H groups in total. The normalized spacial score (nSPS) is 12.1. The van der Waals surface area contributed by atoms with Crippen LogP contribution in [0.1, 0.15) is 0 Å². The third-order valence-corrected chi connectivity index (χ3v) is 12.3. The molecule has 0 heterocycles. The molecular formula is C37H30Ge. The summed E-state index contributed by atoms with van der Waals surface area (Å²) in [4.78, 5) is 0. The van der Waals surface area contributed by atoms with Crippen molar-refractivity contribution >= 4 is 60.8 Å². The van der Waals surface area contributed by atoms with Gasteiger partial charge in [0.1, 0.15) is 0 Å². The fraction of sp³-hybridized carbons (Fsp3) is 0.0811. The van der Waals surface area contributed by atoms with Gasteiger partial charge < -0.3 is 0 Å². The number of fused-ring (bicyclic) bond motifs is 4. The van der Waals surface area contributed by atoms with Gasteiger partial charge in [0, 0.05) is 0 Å². The van der Waals surface area contributed by atoms with E-state index < -0.39 is 13.3 Å². The predicted molar refractivity (Wildman–Crippen MR) is 170 cm³/mol. The average Bonchev–Trinajstić information content (AvgIpc) is 2.95. The van der Waals surface area contributed by atoms with Crippen LogP contribution in [-0.4, -0.2) is 13.3 Å². The van der Waals surface area contributed by atoms with Crippen LogP contribution in [-0.2, 0) is 0 Å². The van der Waals surface area contributed by atoms with Crippen molar-refractivity contribution in [3.63, 3.8) is 0 Å². The Morgan fingerprint density at radius 2 is 0.763 bits per heavy atom. The molecule has 0 amide bonds. The fourth-order valence-electron chi connectivity index (χ4n) is 6.32. The van der Waals surface area contributed by atoms with Gasteiger partial charge >= 0.3 is 222 Å². The number of hydrogen-bond donors (Lipinski definition) is 0. The predicted octanol–water partition coefficient (Wildman–Crippen LogP) is 10.2. The number of hydrogen-bond acceptors (Lipinski definition) is 0. The van der Waals surface area contributed by atoms with E-state index >= 15 is 0 Å². The van der Waals surface area contributed by atoms with Gasteiger partial charge in [-0.25, -0.2) is 0 Å². The molecule has 0 unspecified atom stereocenters. The van der Waals surface area contributed by atoms with Crippen molar-refractivity contribution in [2.75, 3.05) is 0 Å². The summed E-state index contributed by atoms with van der Waals surface area (Å²) in [5.74, 6) is 7.47. The van der Waals surface area contributed by atoms with Crippen LogP contribution in [0.25, 0.3) is 65.3 Å². The summed E-state index contributed by atoms with van der Waals surface area (Å²) < 4.78 is 1.57. The van der Waals surface area contributed by atoms with E-state index in [0.717, 1.165) is 0 Å². The van der Waals surface area contributed by atoms with Crippen molar-refractivity contribution in [2.24, 2.45) is 0 Å².